The van der Waals surface area contributed by atoms with Crippen molar-refractivity contribution in [3.63, 3.8) is 0 Å². The Morgan fingerprint density at radius 1 is 1.31 bits per heavy atom. The molecule has 2 atom stereocenters. The second-order valence-electron chi connectivity index (χ2n) is 7.86. The van der Waals surface area contributed by atoms with Gasteiger partial charge in [0.25, 0.3) is 0 Å². The highest BCUT2D eigenvalue weighted by Gasteiger charge is 2.44. The monoisotopic (exact) mass is 355 g/mol. The number of likely N-dealkylation sites (N-methyl/N-ethyl adjacent to an activating group) is 1. The van der Waals surface area contributed by atoms with Crippen LogP contribution in [0.2, 0.25) is 0 Å². The molecule has 2 aromatic heterocycles. The molecule has 4 rings (SSSR count). The van der Waals surface area contributed by atoms with Crippen molar-refractivity contribution in [1.82, 2.24) is 24.3 Å². The summed E-state index contributed by atoms with van der Waals surface area (Å²) in [7, 11) is 4.26. The van der Waals surface area contributed by atoms with Gasteiger partial charge < -0.3 is 9.30 Å². The third kappa shape index (κ3) is 3.82. The zero-order valence-electron chi connectivity index (χ0n) is 15.8. The number of hydrogen-bond acceptors (Lipinski definition) is 5. The fourth-order valence-corrected chi connectivity index (χ4v) is 4.34. The summed E-state index contributed by atoms with van der Waals surface area (Å²) in [5, 5.41) is 0. The van der Waals surface area contributed by atoms with Gasteiger partial charge in [-0.15, -0.1) is 0 Å². The van der Waals surface area contributed by atoms with Gasteiger partial charge in [0.15, 0.2) is 0 Å². The van der Waals surface area contributed by atoms with Crippen molar-refractivity contribution in [3.8, 4) is 0 Å². The Morgan fingerprint density at radius 3 is 3.00 bits per heavy atom. The second kappa shape index (κ2) is 7.47. The van der Waals surface area contributed by atoms with Crippen molar-refractivity contribution >= 4 is 0 Å². The lowest BCUT2D eigenvalue weighted by molar-refractivity contribution is -0.0543. The number of likely N-dealkylation sites (tertiary alicyclic amines) is 1. The third-order valence-electron chi connectivity index (χ3n) is 5.85. The van der Waals surface area contributed by atoms with E-state index in [-0.39, 0.29) is 5.60 Å². The lowest BCUT2D eigenvalue weighted by Crippen LogP contribution is -2.48. The number of piperidine rings is 1. The predicted octanol–water partition coefficient (Wildman–Crippen LogP) is 2.07. The highest BCUT2D eigenvalue weighted by atomic mass is 16.5. The molecule has 2 aromatic rings. The molecule has 2 aliphatic rings. The lowest BCUT2D eigenvalue weighted by Gasteiger charge is -2.39. The zero-order valence-corrected chi connectivity index (χ0v) is 15.8. The normalized spacial score (nSPS) is 26.8. The van der Waals surface area contributed by atoms with Crippen LogP contribution in [0.1, 0.15) is 30.8 Å². The number of aryl methyl sites for hydroxylation is 1. The number of rotatable bonds is 5. The molecule has 2 unspecified atom stereocenters. The average Bonchev–Trinajstić information content (AvgIpc) is 3.23. The largest absolute Gasteiger partial charge is 0.372 e. The number of nitrogens with zero attached hydrogens (tertiary/aromatic N) is 5. The summed E-state index contributed by atoms with van der Waals surface area (Å²) in [6.45, 7) is 4.74. The van der Waals surface area contributed by atoms with E-state index in [0.29, 0.717) is 6.04 Å². The van der Waals surface area contributed by atoms with E-state index in [4.69, 9.17) is 4.74 Å². The number of aromatic nitrogens is 3. The number of hydrogen-bond donors (Lipinski definition) is 0. The van der Waals surface area contributed by atoms with E-state index in [0.717, 1.165) is 57.1 Å². The number of ether oxygens (including phenoxy) is 1. The maximum absolute atomic E-state index is 6.40. The van der Waals surface area contributed by atoms with E-state index in [1.54, 1.807) is 0 Å². The van der Waals surface area contributed by atoms with Crippen LogP contribution >= 0.6 is 0 Å². The van der Waals surface area contributed by atoms with Crippen LogP contribution in [0.25, 0.3) is 0 Å². The summed E-state index contributed by atoms with van der Waals surface area (Å²) in [6.07, 6.45) is 9.23. The molecule has 2 saturated heterocycles. The molecule has 6 heteroatoms. The Morgan fingerprint density at radius 2 is 2.23 bits per heavy atom. The summed E-state index contributed by atoms with van der Waals surface area (Å²) in [5.74, 6) is 1.13. The van der Waals surface area contributed by atoms with E-state index in [2.05, 4.69) is 50.6 Å². The highest BCUT2D eigenvalue weighted by Crippen LogP contribution is 2.36. The molecule has 0 N–H and O–H groups in total. The van der Waals surface area contributed by atoms with Gasteiger partial charge in [-0.05, 0) is 45.0 Å². The van der Waals surface area contributed by atoms with Crippen LogP contribution in [0.3, 0.4) is 0 Å². The van der Waals surface area contributed by atoms with Crippen LogP contribution < -0.4 is 0 Å². The Bertz CT molecular complexity index is 718. The SMILES string of the molecule is CN(Cc1ccccn1)C1COC2(CCCN(Cc3nccn3C)C2)C1. The molecule has 1 spiro atoms. The fraction of sp³-hybridized carbons (Fsp3) is 0.600. The lowest BCUT2D eigenvalue weighted by atomic mass is 9.88. The molecule has 2 fully saturated rings. The minimum absolute atomic E-state index is 0.00641. The maximum atomic E-state index is 6.40. The first-order valence-electron chi connectivity index (χ1n) is 9.56. The molecule has 2 aliphatic heterocycles. The Balaban J connectivity index is 1.36. The average molecular weight is 355 g/mol. The summed E-state index contributed by atoms with van der Waals surface area (Å²) in [4.78, 5) is 13.8. The van der Waals surface area contributed by atoms with E-state index < -0.39 is 0 Å². The van der Waals surface area contributed by atoms with Gasteiger partial charge in [-0.1, -0.05) is 6.07 Å². The van der Waals surface area contributed by atoms with Crippen LogP contribution in [0.5, 0.6) is 0 Å². The number of pyridine rings is 1. The number of imidazole rings is 1. The molecule has 0 aromatic carbocycles. The van der Waals surface area contributed by atoms with Gasteiger partial charge >= 0.3 is 0 Å². The molecule has 4 heterocycles. The van der Waals surface area contributed by atoms with Gasteiger partial charge in [-0.3, -0.25) is 14.8 Å². The van der Waals surface area contributed by atoms with E-state index in [1.165, 1.54) is 6.42 Å². The van der Waals surface area contributed by atoms with Gasteiger partial charge in [-0.2, -0.15) is 0 Å². The quantitative estimate of drug-likeness (QED) is 0.822. The molecule has 0 saturated carbocycles. The molecule has 0 bridgehead atoms. The Hall–Kier alpha value is -1.76. The minimum atomic E-state index is 0.00641. The summed E-state index contributed by atoms with van der Waals surface area (Å²) < 4.78 is 8.51. The first-order valence-corrected chi connectivity index (χ1v) is 9.56. The van der Waals surface area contributed by atoms with Gasteiger partial charge in [0.05, 0.1) is 24.4 Å². The van der Waals surface area contributed by atoms with Crippen molar-refractivity contribution in [3.05, 3.63) is 48.3 Å². The van der Waals surface area contributed by atoms with Crippen molar-refractivity contribution in [2.45, 2.75) is 44.0 Å². The van der Waals surface area contributed by atoms with Gasteiger partial charge in [0.2, 0.25) is 0 Å². The molecule has 140 valence electrons. The van der Waals surface area contributed by atoms with Crippen LogP contribution in [0, 0.1) is 0 Å². The molecule has 0 radical (unpaired) electrons. The van der Waals surface area contributed by atoms with Crippen molar-refractivity contribution < 1.29 is 4.74 Å². The smallest absolute Gasteiger partial charge is 0.122 e. The Labute approximate surface area is 155 Å². The van der Waals surface area contributed by atoms with E-state index >= 15 is 0 Å². The highest BCUT2D eigenvalue weighted by molar-refractivity contribution is 5.05. The first-order chi connectivity index (χ1) is 12.6. The minimum Gasteiger partial charge on any atom is -0.372 e. The topological polar surface area (TPSA) is 46.4 Å². The molecule has 0 amide bonds. The molecular weight excluding hydrogens is 326 g/mol. The maximum Gasteiger partial charge on any atom is 0.122 e. The molecule has 6 nitrogen and oxygen atoms in total. The summed E-state index contributed by atoms with van der Waals surface area (Å²) >= 11 is 0. The van der Waals surface area contributed by atoms with Crippen LogP contribution in [-0.4, -0.2) is 62.7 Å². The summed E-state index contributed by atoms with van der Waals surface area (Å²) in [5.41, 5.74) is 1.13. The molecule has 0 aliphatic carbocycles. The second-order valence-corrected chi connectivity index (χ2v) is 7.86. The van der Waals surface area contributed by atoms with Gasteiger partial charge in [0.1, 0.15) is 5.82 Å². The third-order valence-corrected chi connectivity index (χ3v) is 5.85. The van der Waals surface area contributed by atoms with Gasteiger partial charge in [0, 0.05) is 44.8 Å². The predicted molar refractivity (Wildman–Crippen MR) is 101 cm³/mol. The zero-order chi connectivity index (χ0) is 18.0. The van der Waals surface area contributed by atoms with Gasteiger partial charge in [-0.25, -0.2) is 4.98 Å². The molecule has 26 heavy (non-hydrogen) atoms. The molecular formula is C20H29N5O. The fourth-order valence-electron chi connectivity index (χ4n) is 4.34. The van der Waals surface area contributed by atoms with Crippen LogP contribution in [-0.2, 0) is 24.9 Å². The van der Waals surface area contributed by atoms with Crippen molar-refractivity contribution in [2.24, 2.45) is 7.05 Å². The van der Waals surface area contributed by atoms with Crippen LogP contribution in [0.15, 0.2) is 36.8 Å². The van der Waals surface area contributed by atoms with E-state index in [9.17, 15) is 0 Å². The van der Waals surface area contributed by atoms with Crippen molar-refractivity contribution in [1.29, 1.82) is 0 Å². The standard InChI is InChI=1S/C20H29N5O/c1-23-11-9-22-19(23)14-25-10-5-7-20(16-25)12-18(15-26-20)24(2)13-17-6-3-4-8-21-17/h3-4,6,8-9,11,18H,5,7,10,12-16H2,1-2H3. The van der Waals surface area contributed by atoms with Crippen molar-refractivity contribution in [2.75, 3.05) is 26.7 Å². The Kier molecular flexibility index (Phi) is 5.07. The first kappa shape index (κ1) is 17.6. The van der Waals surface area contributed by atoms with Crippen LogP contribution in [0.4, 0.5) is 0 Å². The summed E-state index contributed by atoms with van der Waals surface area (Å²) in [6, 6.07) is 6.58. The van der Waals surface area contributed by atoms with E-state index in [1.807, 2.05) is 24.7 Å².